The number of hydrogen-bond donors (Lipinski definition) is 2. The van der Waals surface area contributed by atoms with Crippen LogP contribution in [0.15, 0.2) is 0 Å². The molecule has 0 rings (SSSR count). The van der Waals surface area contributed by atoms with Crippen LogP contribution in [0, 0.1) is 5.92 Å². The van der Waals surface area contributed by atoms with Gasteiger partial charge in [-0.15, -0.1) is 0 Å². The minimum Gasteiger partial charge on any atom is -0.388 e. The number of aliphatic hydroxyl groups is 1. The van der Waals surface area contributed by atoms with Gasteiger partial charge >= 0.3 is 0 Å². The van der Waals surface area contributed by atoms with Crippen molar-refractivity contribution in [2.75, 3.05) is 18.6 Å². The fraction of sp³-hybridized carbons (Fsp3) is 1.00. The zero-order chi connectivity index (χ0) is 12.6. The Balaban J connectivity index is 3.60. The third kappa shape index (κ3) is 9.49. The lowest BCUT2D eigenvalue weighted by molar-refractivity contribution is 0.0815. The van der Waals surface area contributed by atoms with Crippen molar-refractivity contribution < 1.29 is 5.11 Å². The van der Waals surface area contributed by atoms with E-state index < -0.39 is 5.60 Å². The van der Waals surface area contributed by atoms with Gasteiger partial charge in [0.25, 0.3) is 0 Å². The van der Waals surface area contributed by atoms with Crippen molar-refractivity contribution in [2.24, 2.45) is 5.92 Å². The summed E-state index contributed by atoms with van der Waals surface area (Å²) in [4.78, 5) is 0. The Morgan fingerprint density at radius 1 is 1.25 bits per heavy atom. The van der Waals surface area contributed by atoms with Crippen molar-refractivity contribution in [3.8, 4) is 0 Å². The topological polar surface area (TPSA) is 32.3 Å². The van der Waals surface area contributed by atoms with E-state index in [0.29, 0.717) is 12.6 Å². The monoisotopic (exact) mass is 247 g/mol. The van der Waals surface area contributed by atoms with Crippen LogP contribution in [-0.4, -0.2) is 35.3 Å². The summed E-state index contributed by atoms with van der Waals surface area (Å²) >= 11 is 1.69. The van der Waals surface area contributed by atoms with E-state index in [1.807, 2.05) is 13.2 Å². The van der Waals surface area contributed by atoms with Crippen molar-refractivity contribution in [2.45, 2.75) is 58.6 Å². The van der Waals surface area contributed by atoms with E-state index in [0.717, 1.165) is 11.7 Å². The lowest BCUT2D eigenvalue weighted by Crippen LogP contribution is -2.43. The Morgan fingerprint density at radius 3 is 2.38 bits per heavy atom. The average molecular weight is 247 g/mol. The molecule has 0 aliphatic carbocycles. The zero-order valence-electron chi connectivity index (χ0n) is 11.5. The molecule has 16 heavy (non-hydrogen) atoms. The highest BCUT2D eigenvalue weighted by atomic mass is 32.2. The van der Waals surface area contributed by atoms with Gasteiger partial charge in [-0.05, 0) is 32.4 Å². The molecule has 0 heterocycles. The van der Waals surface area contributed by atoms with Crippen LogP contribution in [0.2, 0.25) is 0 Å². The minimum absolute atomic E-state index is 0.507. The first-order valence-electron chi connectivity index (χ1n) is 6.32. The van der Waals surface area contributed by atoms with E-state index in [9.17, 15) is 5.11 Å². The molecule has 0 aromatic rings. The van der Waals surface area contributed by atoms with Crippen LogP contribution in [0.1, 0.15) is 47.0 Å². The summed E-state index contributed by atoms with van der Waals surface area (Å²) in [6, 6.07) is 0.507. The fourth-order valence-corrected chi connectivity index (χ4v) is 2.41. The molecule has 2 atom stereocenters. The molecule has 0 aromatic carbocycles. The maximum atomic E-state index is 9.99. The first-order chi connectivity index (χ1) is 7.37. The standard InChI is InChI=1S/C13H29NOS/c1-11(2)7-6-8-12(3)14-9-13(4,15)10-16-5/h11-12,14-15H,6-10H2,1-5H3. The summed E-state index contributed by atoms with van der Waals surface area (Å²) in [7, 11) is 0. The van der Waals surface area contributed by atoms with Crippen LogP contribution < -0.4 is 5.32 Å². The van der Waals surface area contributed by atoms with Gasteiger partial charge in [0.05, 0.1) is 5.60 Å². The summed E-state index contributed by atoms with van der Waals surface area (Å²) in [5.74, 6) is 1.59. The van der Waals surface area contributed by atoms with E-state index in [-0.39, 0.29) is 0 Å². The summed E-state index contributed by atoms with van der Waals surface area (Å²) in [5, 5.41) is 13.4. The second-order valence-corrected chi connectivity index (χ2v) is 6.40. The predicted octanol–water partition coefficient (Wildman–Crippen LogP) is 2.90. The van der Waals surface area contributed by atoms with Gasteiger partial charge in [0.1, 0.15) is 0 Å². The number of thioether (sulfide) groups is 1. The SMILES string of the molecule is CSCC(C)(O)CNC(C)CCCC(C)C. The van der Waals surface area contributed by atoms with Gasteiger partial charge in [-0.3, -0.25) is 0 Å². The van der Waals surface area contributed by atoms with Gasteiger partial charge in [0.15, 0.2) is 0 Å². The van der Waals surface area contributed by atoms with E-state index in [1.54, 1.807) is 11.8 Å². The molecule has 0 fully saturated rings. The molecule has 0 radical (unpaired) electrons. The molecule has 0 spiro atoms. The lowest BCUT2D eigenvalue weighted by atomic mass is 10.0. The molecule has 0 bridgehead atoms. The molecule has 98 valence electrons. The predicted molar refractivity (Wildman–Crippen MR) is 75.2 cm³/mol. The van der Waals surface area contributed by atoms with E-state index >= 15 is 0 Å². The Labute approximate surface area is 106 Å². The first-order valence-corrected chi connectivity index (χ1v) is 7.71. The average Bonchev–Trinajstić information content (AvgIpc) is 2.14. The van der Waals surface area contributed by atoms with Crippen molar-refractivity contribution in [1.82, 2.24) is 5.32 Å². The maximum Gasteiger partial charge on any atom is 0.0833 e. The van der Waals surface area contributed by atoms with Crippen molar-refractivity contribution >= 4 is 11.8 Å². The summed E-state index contributed by atoms with van der Waals surface area (Å²) in [5.41, 5.74) is -0.578. The summed E-state index contributed by atoms with van der Waals surface area (Å²) in [6.07, 6.45) is 5.80. The Morgan fingerprint density at radius 2 is 1.88 bits per heavy atom. The van der Waals surface area contributed by atoms with Gasteiger partial charge in [-0.2, -0.15) is 11.8 Å². The highest BCUT2D eigenvalue weighted by molar-refractivity contribution is 7.98. The normalized spacial score (nSPS) is 17.4. The Bertz CT molecular complexity index is 171. The Kier molecular flexibility index (Phi) is 8.52. The molecule has 3 heteroatoms. The highest BCUT2D eigenvalue weighted by Gasteiger charge is 2.19. The van der Waals surface area contributed by atoms with E-state index in [1.165, 1.54) is 19.3 Å². The molecule has 0 saturated heterocycles. The smallest absolute Gasteiger partial charge is 0.0833 e. The third-order valence-corrected chi connectivity index (χ3v) is 3.62. The molecule has 0 aliphatic rings. The molecule has 0 amide bonds. The molecule has 2 nitrogen and oxygen atoms in total. The van der Waals surface area contributed by atoms with Gasteiger partial charge in [0.2, 0.25) is 0 Å². The largest absolute Gasteiger partial charge is 0.388 e. The number of hydrogen-bond acceptors (Lipinski definition) is 3. The van der Waals surface area contributed by atoms with E-state index in [4.69, 9.17) is 0 Å². The summed E-state index contributed by atoms with van der Waals surface area (Å²) < 4.78 is 0. The van der Waals surface area contributed by atoms with Gasteiger partial charge in [-0.1, -0.05) is 26.7 Å². The number of rotatable bonds is 9. The minimum atomic E-state index is -0.578. The third-order valence-electron chi connectivity index (χ3n) is 2.71. The molecule has 0 aromatic heterocycles. The first kappa shape index (κ1) is 16.3. The van der Waals surface area contributed by atoms with Gasteiger partial charge in [0, 0.05) is 18.3 Å². The Hall–Kier alpha value is 0.270. The second-order valence-electron chi connectivity index (χ2n) is 5.54. The van der Waals surface area contributed by atoms with Crippen LogP contribution >= 0.6 is 11.8 Å². The second kappa shape index (κ2) is 8.37. The van der Waals surface area contributed by atoms with Crippen molar-refractivity contribution in [3.63, 3.8) is 0 Å². The van der Waals surface area contributed by atoms with Crippen LogP contribution in [0.3, 0.4) is 0 Å². The zero-order valence-corrected chi connectivity index (χ0v) is 12.4. The van der Waals surface area contributed by atoms with Crippen molar-refractivity contribution in [1.29, 1.82) is 0 Å². The molecule has 0 saturated carbocycles. The molecular formula is C13H29NOS. The molecule has 2 unspecified atom stereocenters. The van der Waals surface area contributed by atoms with Crippen LogP contribution in [-0.2, 0) is 0 Å². The number of nitrogens with one attached hydrogen (secondary N) is 1. The molecular weight excluding hydrogens is 218 g/mol. The molecule has 0 aliphatic heterocycles. The van der Waals surface area contributed by atoms with E-state index in [2.05, 4.69) is 26.1 Å². The molecule has 2 N–H and O–H groups in total. The van der Waals surface area contributed by atoms with Crippen LogP contribution in [0.25, 0.3) is 0 Å². The quantitative estimate of drug-likeness (QED) is 0.657. The summed E-state index contributed by atoms with van der Waals surface area (Å²) in [6.45, 7) is 9.33. The lowest BCUT2D eigenvalue weighted by Gasteiger charge is -2.25. The highest BCUT2D eigenvalue weighted by Crippen LogP contribution is 2.11. The van der Waals surface area contributed by atoms with Crippen molar-refractivity contribution in [3.05, 3.63) is 0 Å². The van der Waals surface area contributed by atoms with Gasteiger partial charge < -0.3 is 10.4 Å². The van der Waals surface area contributed by atoms with Gasteiger partial charge in [-0.25, -0.2) is 0 Å². The fourth-order valence-electron chi connectivity index (χ4n) is 1.69. The maximum absolute atomic E-state index is 9.99. The van der Waals surface area contributed by atoms with Crippen LogP contribution in [0.5, 0.6) is 0 Å². The van der Waals surface area contributed by atoms with Crippen LogP contribution in [0.4, 0.5) is 0 Å².